The number of nitrogens with zero attached hydrogens (tertiary/aromatic N) is 4. The van der Waals surface area contributed by atoms with E-state index < -0.39 is 152 Å². The Bertz CT molecular complexity index is 3060. The van der Waals surface area contributed by atoms with Gasteiger partial charge in [-0.2, -0.15) is 0 Å². The summed E-state index contributed by atoms with van der Waals surface area (Å²) in [6.45, 7) is 3.68. The van der Waals surface area contributed by atoms with Crippen molar-refractivity contribution in [2.75, 3.05) is 53.0 Å². The number of benzene rings is 3. The average molecular weight is 1340 g/mol. The Labute approximate surface area is 543 Å². The van der Waals surface area contributed by atoms with E-state index in [0.29, 0.717) is 22.2 Å². The van der Waals surface area contributed by atoms with Crippen LogP contribution >= 0.6 is 36.2 Å². The Morgan fingerprint density at radius 3 is 1.99 bits per heavy atom. The number of β-amino-alcohol motifs (C(OH)–C–C–N with tert-alkyl or cyclic N) is 1. The first kappa shape index (κ1) is 74.9. The number of fused-ring (bicyclic) bond motifs is 2. The van der Waals surface area contributed by atoms with Crippen LogP contribution in [-0.2, 0) is 39.9 Å². The average Bonchev–Trinajstić information content (AvgIpc) is 1.87. The molecule has 31 heteroatoms. The number of phenolic OH excluding ortho intramolecular Hbond substituents is 1. The Balaban J connectivity index is 0.00000752. The Hall–Kier alpha value is -6.87. The summed E-state index contributed by atoms with van der Waals surface area (Å²) in [6.07, 6.45) is -7.67. The quantitative estimate of drug-likeness (QED) is 0.0421. The van der Waals surface area contributed by atoms with Crippen LogP contribution < -0.4 is 47.5 Å². The first-order chi connectivity index (χ1) is 42.5. The largest absolute Gasteiger partial charge is 0.504 e. The van der Waals surface area contributed by atoms with Crippen molar-refractivity contribution < 1.29 is 83.5 Å². The Morgan fingerprint density at radius 2 is 1.35 bits per heavy atom. The molecule has 7 rings (SSSR count). The van der Waals surface area contributed by atoms with E-state index in [-0.39, 0.29) is 86.2 Å². The second kappa shape index (κ2) is 35.2. The molecule has 1 aromatic heterocycles. The van der Waals surface area contributed by atoms with Gasteiger partial charge >= 0.3 is 0 Å². The number of nitrogens with one attached hydrogen (secondary N) is 5. The van der Waals surface area contributed by atoms with E-state index in [4.69, 9.17) is 25.7 Å². The first-order valence-corrected chi connectivity index (χ1v) is 30.6. The highest BCUT2D eigenvalue weighted by atomic mass is 35.5. The number of phenols is 1. The van der Waals surface area contributed by atoms with Crippen molar-refractivity contribution in [1.82, 2.24) is 46.6 Å². The van der Waals surface area contributed by atoms with E-state index in [1.54, 1.807) is 19.2 Å². The fourth-order valence-electron chi connectivity index (χ4n) is 10.8. The van der Waals surface area contributed by atoms with Gasteiger partial charge in [-0.25, -0.2) is 0 Å². The van der Waals surface area contributed by atoms with Gasteiger partial charge in [0.25, 0.3) is 5.91 Å². The Kier molecular flexibility index (Phi) is 29.0. The molecule has 0 aliphatic carbocycles. The summed E-state index contributed by atoms with van der Waals surface area (Å²) < 4.78 is 16.7. The SMILES string of the molecule is COC(C)CCCCCOc1ccc(-c2nnc(-c3ccc(C(=O)N[C@H]4C[C@@H](O)CNC(=O)[C@@H]5[C@@H](O)[C@@H](C)CN5C(=O)[C@H]([C@H](O)CCN)NC(=O)[C@H]([C@H](O)Cc5ccc(O)c(OCCN)c5)NC(=O)[C@@H]5C[C@@H](O)CN5C(=O)[C@H]([C@@H](C)O)NC4=O)cc3)s2)cc1.Cl.Cl. The normalized spacial score (nSPS) is 24.9. The van der Waals surface area contributed by atoms with Crippen LogP contribution in [0.4, 0.5) is 0 Å². The third-order valence-corrected chi connectivity index (χ3v) is 16.9. The molecule has 3 aromatic carbocycles. The number of rotatable bonds is 22. The minimum absolute atomic E-state index is 0. The number of hydrogen-bond donors (Lipinski definition) is 14. The maximum Gasteiger partial charge on any atom is 0.251 e. The van der Waals surface area contributed by atoms with Crippen LogP contribution in [0.1, 0.15) is 81.6 Å². The van der Waals surface area contributed by atoms with Gasteiger partial charge in [0.05, 0.1) is 49.3 Å². The standard InChI is InChI=1S/C60H83N11O17S.2ClH/c1-31-29-71-50(51(31)78)56(83)63-28-38(73)26-41(64-52(79)35-10-12-36(13-11-35)57-68-69-58(89-57)37-14-16-40(17-15-37)87-22-7-5-6-8-32(2)86-4)53(80)65-47(33(3)72)59(84)70-30-39(74)27-42(70)54(81)66-48(55(82)67-49(60(71)85)44(76)19-20-61)45(77)24-34-9-18-43(75)46(25-34)88-23-21-62;;/h9-18,25,31-33,38-39,41-42,44-45,47-51,72-78H,5-8,19-24,26-30,61-62H2,1-4H3,(H,63,83)(H,64,79)(H,65,80)(H,66,81)(H,67,82);2*1H/t31-,32?,33+,38+,39+,41-,42-,44+,45+,47-,48-,49-,50-,51-;;/m0../s1. The lowest BCUT2D eigenvalue weighted by Gasteiger charge is -2.34. The van der Waals surface area contributed by atoms with Crippen LogP contribution in [0.5, 0.6) is 17.2 Å². The number of unbranched alkanes of at least 4 members (excludes halogenated alkanes) is 2. The molecule has 4 aromatic rings. The molecule has 7 amide bonds. The van der Waals surface area contributed by atoms with E-state index in [9.17, 15) is 69.3 Å². The lowest BCUT2D eigenvalue weighted by atomic mass is 9.98. The smallest absolute Gasteiger partial charge is 0.251 e. The molecule has 91 heavy (non-hydrogen) atoms. The maximum atomic E-state index is 14.7. The number of amides is 7. The number of carbonyl (C=O) groups excluding carboxylic acids is 7. The molecule has 0 spiro atoms. The fraction of sp³-hybridized carbons (Fsp3) is 0.550. The molecule has 502 valence electrons. The number of aliphatic hydroxyl groups excluding tert-OH is 6. The summed E-state index contributed by atoms with van der Waals surface area (Å²) in [4.78, 5) is 103. The fourth-order valence-corrected chi connectivity index (χ4v) is 11.6. The summed E-state index contributed by atoms with van der Waals surface area (Å²) in [5, 5.41) is 101. The lowest BCUT2D eigenvalue weighted by Crippen LogP contribution is -2.64. The number of halogens is 2. The van der Waals surface area contributed by atoms with Crippen LogP contribution in [-0.4, -0.2) is 229 Å². The van der Waals surface area contributed by atoms with Gasteiger partial charge in [-0.05, 0) is 100 Å². The van der Waals surface area contributed by atoms with Gasteiger partial charge in [0.1, 0.15) is 58.6 Å². The number of aromatic nitrogens is 2. The summed E-state index contributed by atoms with van der Waals surface area (Å²) >= 11 is 1.30. The van der Waals surface area contributed by atoms with Crippen LogP contribution in [0.2, 0.25) is 0 Å². The third kappa shape index (κ3) is 19.8. The molecule has 16 N–H and O–H groups in total. The van der Waals surface area contributed by atoms with Gasteiger partial charge in [-0.3, -0.25) is 33.6 Å². The van der Waals surface area contributed by atoms with Crippen LogP contribution in [0.25, 0.3) is 21.1 Å². The predicted octanol–water partition coefficient (Wildman–Crippen LogP) is -0.970. The van der Waals surface area contributed by atoms with E-state index >= 15 is 0 Å². The van der Waals surface area contributed by atoms with Crippen LogP contribution in [0, 0.1) is 5.92 Å². The lowest BCUT2D eigenvalue weighted by molar-refractivity contribution is -0.147. The summed E-state index contributed by atoms with van der Waals surface area (Å²) in [5.41, 5.74) is 13.1. The highest BCUT2D eigenvalue weighted by molar-refractivity contribution is 7.17. The molecule has 3 aliphatic heterocycles. The van der Waals surface area contributed by atoms with Gasteiger partial charge in [-0.15, -0.1) is 35.0 Å². The zero-order chi connectivity index (χ0) is 64.6. The molecular formula is C60H85Cl2N11O17S. The molecule has 3 aliphatic rings. The van der Waals surface area contributed by atoms with Crippen molar-refractivity contribution in [2.45, 2.75) is 151 Å². The van der Waals surface area contributed by atoms with Gasteiger partial charge in [0, 0.05) is 75.2 Å². The molecule has 3 saturated heterocycles. The number of methoxy groups -OCH3 is 1. The van der Waals surface area contributed by atoms with Crippen molar-refractivity contribution in [3.63, 3.8) is 0 Å². The summed E-state index contributed by atoms with van der Waals surface area (Å²) in [5.74, 6) is -7.96. The van der Waals surface area contributed by atoms with Crippen molar-refractivity contribution >= 4 is 77.5 Å². The predicted molar refractivity (Wildman–Crippen MR) is 337 cm³/mol. The van der Waals surface area contributed by atoms with Gasteiger partial charge < -0.3 is 97.8 Å². The second-order valence-electron chi connectivity index (χ2n) is 22.8. The number of aliphatic hydroxyl groups is 6. The number of ether oxygens (including phenoxy) is 3. The van der Waals surface area contributed by atoms with Crippen LogP contribution in [0.15, 0.2) is 66.7 Å². The molecular weight excluding hydrogens is 1250 g/mol. The van der Waals surface area contributed by atoms with Crippen molar-refractivity contribution in [1.29, 1.82) is 0 Å². The van der Waals surface area contributed by atoms with Crippen molar-refractivity contribution in [3.05, 3.63) is 77.9 Å². The van der Waals surface area contributed by atoms with Crippen molar-refractivity contribution in [3.8, 4) is 38.4 Å². The summed E-state index contributed by atoms with van der Waals surface area (Å²) in [6, 6.07) is 6.64. The number of carbonyl (C=O) groups is 7. The molecule has 0 radical (unpaired) electrons. The van der Waals surface area contributed by atoms with Crippen LogP contribution in [0.3, 0.4) is 0 Å². The van der Waals surface area contributed by atoms with Gasteiger partial charge in [0.2, 0.25) is 35.4 Å². The monoisotopic (exact) mass is 1330 g/mol. The van der Waals surface area contributed by atoms with E-state index in [2.05, 4.69) is 36.8 Å². The molecule has 3 fully saturated rings. The number of hydrogen-bond acceptors (Lipinski definition) is 22. The molecule has 4 heterocycles. The van der Waals surface area contributed by atoms with Gasteiger partial charge in [0.15, 0.2) is 11.5 Å². The summed E-state index contributed by atoms with van der Waals surface area (Å²) in [7, 11) is 1.70. The Morgan fingerprint density at radius 1 is 0.714 bits per heavy atom. The molecule has 1 unspecified atom stereocenters. The molecule has 14 atom stereocenters. The minimum atomic E-state index is -2.04. The zero-order valence-electron chi connectivity index (χ0n) is 50.9. The van der Waals surface area contributed by atoms with E-state index in [0.717, 1.165) is 53.7 Å². The maximum absolute atomic E-state index is 14.7. The highest BCUT2D eigenvalue weighted by Gasteiger charge is 2.50. The number of aromatic hydroxyl groups is 1. The first-order valence-electron chi connectivity index (χ1n) is 29.8. The highest BCUT2D eigenvalue weighted by Crippen LogP contribution is 2.33. The van der Waals surface area contributed by atoms with E-state index in [1.807, 2.05) is 31.2 Å². The minimum Gasteiger partial charge on any atom is -0.504 e. The van der Waals surface area contributed by atoms with E-state index in [1.165, 1.54) is 48.6 Å². The topological polar surface area (TPSA) is 433 Å². The number of nitrogens with two attached hydrogens (primary N) is 2. The molecule has 28 nitrogen and oxygen atoms in total. The molecule has 0 saturated carbocycles. The van der Waals surface area contributed by atoms with Crippen molar-refractivity contribution in [2.24, 2.45) is 17.4 Å². The molecule has 0 bridgehead atoms. The third-order valence-electron chi connectivity index (χ3n) is 15.9. The second-order valence-corrected chi connectivity index (χ2v) is 23.8. The zero-order valence-corrected chi connectivity index (χ0v) is 53.4. The van der Waals surface area contributed by atoms with Gasteiger partial charge in [-0.1, -0.05) is 42.9 Å².